The molecule has 1 rings (SSSR count). The second kappa shape index (κ2) is 7.38. The van der Waals surface area contributed by atoms with E-state index in [0.717, 1.165) is 19.3 Å². The van der Waals surface area contributed by atoms with Crippen LogP contribution < -0.4 is 15.2 Å². The zero-order valence-electron chi connectivity index (χ0n) is 11.7. The van der Waals surface area contributed by atoms with Crippen LogP contribution in [0.15, 0.2) is 18.2 Å². The van der Waals surface area contributed by atoms with E-state index in [1.165, 1.54) is 25.3 Å². The summed E-state index contributed by atoms with van der Waals surface area (Å²) in [4.78, 5) is 0. The van der Waals surface area contributed by atoms with E-state index in [4.69, 9.17) is 10.5 Å². The molecule has 2 N–H and O–H groups in total. The second-order valence-corrected chi connectivity index (χ2v) is 4.55. The normalized spacial score (nSPS) is 13.1. The van der Waals surface area contributed by atoms with E-state index in [0.29, 0.717) is 17.7 Å². The van der Waals surface area contributed by atoms with Crippen molar-refractivity contribution in [1.82, 2.24) is 0 Å². The van der Waals surface area contributed by atoms with Crippen molar-refractivity contribution in [1.29, 1.82) is 0 Å². The first kappa shape index (κ1) is 16.6. The molecule has 0 aliphatic carbocycles. The van der Waals surface area contributed by atoms with Gasteiger partial charge in [-0.25, -0.2) is 0 Å². The lowest BCUT2D eigenvalue weighted by Gasteiger charge is -2.17. The van der Waals surface area contributed by atoms with Gasteiger partial charge >= 0.3 is 6.36 Å². The van der Waals surface area contributed by atoms with Gasteiger partial charge in [0.1, 0.15) is 11.5 Å². The van der Waals surface area contributed by atoms with Crippen molar-refractivity contribution in [2.75, 3.05) is 7.11 Å². The molecule has 0 aromatic heterocycles. The summed E-state index contributed by atoms with van der Waals surface area (Å²) in [5.41, 5.74) is 6.56. The zero-order chi connectivity index (χ0) is 15.2. The molecule has 0 spiro atoms. The van der Waals surface area contributed by atoms with Crippen molar-refractivity contribution in [3.05, 3.63) is 23.8 Å². The van der Waals surface area contributed by atoms with Crippen molar-refractivity contribution in [2.24, 2.45) is 5.73 Å². The van der Waals surface area contributed by atoms with Gasteiger partial charge < -0.3 is 15.2 Å². The van der Waals surface area contributed by atoms with E-state index in [9.17, 15) is 13.2 Å². The Balaban J connectivity index is 2.87. The molecule has 6 heteroatoms. The van der Waals surface area contributed by atoms with Crippen molar-refractivity contribution in [2.45, 2.75) is 45.0 Å². The summed E-state index contributed by atoms with van der Waals surface area (Å²) >= 11 is 0. The Bertz CT molecular complexity index is 421. The Hall–Kier alpha value is -1.43. The summed E-state index contributed by atoms with van der Waals surface area (Å²) < 4.78 is 45.7. The Kier molecular flexibility index (Phi) is 6.13. The van der Waals surface area contributed by atoms with E-state index < -0.39 is 6.36 Å². The number of unbranched alkanes of at least 4 members (excludes halogenated alkanes) is 2. The maximum absolute atomic E-state index is 12.2. The number of hydrogen-bond acceptors (Lipinski definition) is 3. The monoisotopic (exact) mass is 291 g/mol. The predicted octanol–water partition coefficient (Wildman–Crippen LogP) is 4.17. The van der Waals surface area contributed by atoms with Gasteiger partial charge in [-0.2, -0.15) is 0 Å². The van der Waals surface area contributed by atoms with Gasteiger partial charge in [-0.15, -0.1) is 13.2 Å². The minimum Gasteiger partial charge on any atom is -0.496 e. The van der Waals surface area contributed by atoms with Crippen LogP contribution in [0, 0.1) is 0 Å². The number of rotatable bonds is 7. The molecule has 0 unspecified atom stereocenters. The molecule has 1 aromatic rings. The van der Waals surface area contributed by atoms with Crippen molar-refractivity contribution in [3.63, 3.8) is 0 Å². The van der Waals surface area contributed by atoms with Gasteiger partial charge in [0.15, 0.2) is 0 Å². The molecule has 114 valence electrons. The topological polar surface area (TPSA) is 44.5 Å². The minimum atomic E-state index is -4.71. The smallest absolute Gasteiger partial charge is 0.496 e. The van der Waals surface area contributed by atoms with Crippen LogP contribution >= 0.6 is 0 Å². The van der Waals surface area contributed by atoms with Gasteiger partial charge in [-0.3, -0.25) is 0 Å². The molecule has 1 atom stereocenters. The highest BCUT2D eigenvalue weighted by atomic mass is 19.4. The number of halogens is 3. The lowest BCUT2D eigenvalue weighted by Crippen LogP contribution is -2.18. The largest absolute Gasteiger partial charge is 0.573 e. The van der Waals surface area contributed by atoms with Crippen molar-refractivity contribution < 1.29 is 22.6 Å². The molecule has 1 aromatic carbocycles. The molecule has 20 heavy (non-hydrogen) atoms. The highest BCUT2D eigenvalue weighted by molar-refractivity contribution is 5.42. The average molecular weight is 291 g/mol. The summed E-state index contributed by atoms with van der Waals surface area (Å²) in [6, 6.07) is 3.58. The maximum Gasteiger partial charge on any atom is 0.573 e. The van der Waals surface area contributed by atoms with Crippen LogP contribution in [0.1, 0.15) is 44.2 Å². The lowest BCUT2D eigenvalue weighted by atomic mass is 10.00. The summed E-state index contributed by atoms with van der Waals surface area (Å²) in [5, 5.41) is 0. The molecular formula is C14H20F3NO2. The number of hydrogen-bond donors (Lipinski definition) is 1. The summed E-state index contributed by atoms with van der Waals surface area (Å²) in [6.45, 7) is 2.07. The Labute approximate surface area is 116 Å². The molecule has 0 aliphatic rings. The van der Waals surface area contributed by atoms with Crippen LogP contribution in [0.3, 0.4) is 0 Å². The number of ether oxygens (including phenoxy) is 2. The van der Waals surface area contributed by atoms with Gasteiger partial charge in [-0.1, -0.05) is 26.2 Å². The average Bonchev–Trinajstić information content (AvgIpc) is 2.37. The third kappa shape index (κ3) is 5.28. The first-order valence-corrected chi connectivity index (χ1v) is 6.56. The van der Waals surface area contributed by atoms with Crippen LogP contribution in [0.25, 0.3) is 0 Å². The molecule has 0 amide bonds. The summed E-state index contributed by atoms with van der Waals surface area (Å²) in [5.74, 6) is 0.197. The number of methoxy groups -OCH3 is 1. The van der Waals surface area contributed by atoms with Gasteiger partial charge in [0.25, 0.3) is 0 Å². The molecule has 0 heterocycles. The van der Waals surface area contributed by atoms with E-state index in [2.05, 4.69) is 11.7 Å². The molecule has 3 nitrogen and oxygen atoms in total. The zero-order valence-corrected chi connectivity index (χ0v) is 11.7. The lowest BCUT2D eigenvalue weighted by molar-refractivity contribution is -0.274. The molecule has 0 radical (unpaired) electrons. The highest BCUT2D eigenvalue weighted by Crippen LogP contribution is 2.32. The van der Waals surface area contributed by atoms with E-state index in [1.807, 2.05) is 0 Å². The number of benzene rings is 1. The van der Waals surface area contributed by atoms with E-state index in [1.54, 1.807) is 0 Å². The van der Waals surface area contributed by atoms with E-state index in [-0.39, 0.29) is 11.8 Å². The highest BCUT2D eigenvalue weighted by Gasteiger charge is 2.31. The fraction of sp³-hybridized carbons (Fsp3) is 0.571. The molecule has 0 bridgehead atoms. The summed E-state index contributed by atoms with van der Waals surface area (Å²) in [6.07, 6.45) is -1.00. The first-order chi connectivity index (χ1) is 9.37. The third-order valence-corrected chi connectivity index (χ3v) is 2.95. The Morgan fingerprint density at radius 2 is 1.95 bits per heavy atom. The van der Waals surface area contributed by atoms with Crippen LogP contribution in [-0.4, -0.2) is 13.5 Å². The third-order valence-electron chi connectivity index (χ3n) is 2.95. The second-order valence-electron chi connectivity index (χ2n) is 4.55. The maximum atomic E-state index is 12.2. The van der Waals surface area contributed by atoms with Gasteiger partial charge in [0.2, 0.25) is 0 Å². The molecule has 0 saturated heterocycles. The van der Waals surface area contributed by atoms with E-state index >= 15 is 0 Å². The molecule has 0 saturated carbocycles. The Morgan fingerprint density at radius 1 is 1.25 bits per heavy atom. The van der Waals surface area contributed by atoms with Crippen LogP contribution in [-0.2, 0) is 0 Å². The van der Waals surface area contributed by atoms with Gasteiger partial charge in [0.05, 0.1) is 7.11 Å². The fourth-order valence-corrected chi connectivity index (χ4v) is 1.97. The SMILES string of the molecule is CCCCC[C@@H](N)c1cc(OC(F)(F)F)ccc1OC. The summed E-state index contributed by atoms with van der Waals surface area (Å²) in [7, 11) is 1.46. The minimum absolute atomic E-state index is 0.278. The molecular weight excluding hydrogens is 271 g/mol. The Morgan fingerprint density at radius 3 is 2.50 bits per heavy atom. The standard InChI is InChI=1S/C14H20F3NO2/c1-3-4-5-6-12(18)11-9-10(20-14(15,16)17)7-8-13(11)19-2/h7-9,12H,3-6,18H2,1-2H3/t12-/m1/s1. The number of nitrogens with two attached hydrogens (primary N) is 1. The molecule has 0 fully saturated rings. The molecule has 0 aliphatic heterocycles. The predicted molar refractivity (Wildman–Crippen MR) is 70.7 cm³/mol. The number of alkyl halides is 3. The van der Waals surface area contributed by atoms with Crippen LogP contribution in [0.5, 0.6) is 11.5 Å². The van der Waals surface area contributed by atoms with Gasteiger partial charge in [-0.05, 0) is 24.6 Å². The van der Waals surface area contributed by atoms with Crippen LogP contribution in [0.4, 0.5) is 13.2 Å². The van der Waals surface area contributed by atoms with Gasteiger partial charge in [0, 0.05) is 11.6 Å². The van der Waals surface area contributed by atoms with Crippen molar-refractivity contribution in [3.8, 4) is 11.5 Å². The fourth-order valence-electron chi connectivity index (χ4n) is 1.97. The quantitative estimate of drug-likeness (QED) is 0.767. The van der Waals surface area contributed by atoms with Crippen LogP contribution in [0.2, 0.25) is 0 Å². The first-order valence-electron chi connectivity index (χ1n) is 6.56. The van der Waals surface area contributed by atoms with Crippen molar-refractivity contribution >= 4 is 0 Å².